The Morgan fingerprint density at radius 1 is 1.20 bits per heavy atom. The fourth-order valence-corrected chi connectivity index (χ4v) is 3.52. The third-order valence-electron chi connectivity index (χ3n) is 5.13. The number of anilines is 2. The molecule has 4 rings (SSSR count). The molecule has 0 unspecified atom stereocenters. The van der Waals surface area contributed by atoms with Gasteiger partial charge >= 0.3 is 6.09 Å². The second-order valence-corrected chi connectivity index (χ2v) is 7.12. The number of aliphatic imine (C=N–C) groups is 1. The van der Waals surface area contributed by atoms with E-state index >= 15 is 0 Å². The molecule has 0 saturated carbocycles. The minimum atomic E-state index is -0.488. The summed E-state index contributed by atoms with van der Waals surface area (Å²) in [5, 5.41) is 0. The van der Waals surface area contributed by atoms with Gasteiger partial charge in [-0.05, 0) is 48.0 Å². The number of methoxy groups -OCH3 is 1. The van der Waals surface area contributed by atoms with Gasteiger partial charge in [-0.2, -0.15) is 0 Å². The number of morpholine rings is 1. The average Bonchev–Trinajstić information content (AvgIpc) is 3.15. The largest absolute Gasteiger partial charge is 0.497 e. The molecule has 8 heteroatoms. The van der Waals surface area contributed by atoms with Crippen LogP contribution in [0.15, 0.2) is 47.5 Å². The van der Waals surface area contributed by atoms with Crippen molar-refractivity contribution in [3.05, 3.63) is 53.8 Å². The van der Waals surface area contributed by atoms with Crippen molar-refractivity contribution in [3.8, 4) is 5.75 Å². The van der Waals surface area contributed by atoms with Crippen LogP contribution in [0.4, 0.5) is 20.6 Å². The Morgan fingerprint density at radius 3 is 2.67 bits per heavy atom. The zero-order valence-corrected chi connectivity index (χ0v) is 16.8. The van der Waals surface area contributed by atoms with Crippen molar-refractivity contribution in [3.63, 3.8) is 0 Å². The zero-order valence-electron chi connectivity index (χ0n) is 16.8. The van der Waals surface area contributed by atoms with Gasteiger partial charge in [-0.25, -0.2) is 9.18 Å². The molecule has 0 bridgehead atoms. The monoisotopic (exact) mass is 413 g/mol. The second-order valence-electron chi connectivity index (χ2n) is 7.12. The Hall–Kier alpha value is -3.13. The molecule has 2 saturated heterocycles. The molecule has 0 radical (unpaired) electrons. The van der Waals surface area contributed by atoms with E-state index in [4.69, 9.17) is 14.2 Å². The van der Waals surface area contributed by atoms with Crippen molar-refractivity contribution in [2.24, 2.45) is 4.99 Å². The molecule has 2 aliphatic heterocycles. The van der Waals surface area contributed by atoms with E-state index in [1.165, 1.54) is 11.0 Å². The van der Waals surface area contributed by atoms with Crippen LogP contribution < -0.4 is 14.5 Å². The molecule has 7 nitrogen and oxygen atoms in total. The SMILES string of the molecule is COc1ccc(C=NC[C@H]2CN(c3ccc(N4CCOCC4)c(F)c3)C(=O)O2)cc1. The molecular weight excluding hydrogens is 389 g/mol. The summed E-state index contributed by atoms with van der Waals surface area (Å²) in [7, 11) is 1.62. The lowest BCUT2D eigenvalue weighted by Gasteiger charge is -2.29. The number of hydrogen-bond donors (Lipinski definition) is 0. The molecule has 1 amide bonds. The van der Waals surface area contributed by atoms with E-state index in [0.717, 1.165) is 11.3 Å². The first-order valence-corrected chi connectivity index (χ1v) is 9.88. The van der Waals surface area contributed by atoms with Crippen molar-refractivity contribution < 1.29 is 23.4 Å². The number of ether oxygens (including phenoxy) is 3. The number of amides is 1. The van der Waals surface area contributed by atoms with Gasteiger partial charge in [0.1, 0.15) is 17.7 Å². The summed E-state index contributed by atoms with van der Waals surface area (Å²) in [6.07, 6.45) is 0.861. The molecule has 2 aromatic carbocycles. The lowest BCUT2D eigenvalue weighted by Crippen LogP contribution is -2.36. The first-order chi connectivity index (χ1) is 14.6. The van der Waals surface area contributed by atoms with Gasteiger partial charge < -0.3 is 19.1 Å². The number of benzene rings is 2. The summed E-state index contributed by atoms with van der Waals surface area (Å²) in [4.78, 5) is 20.0. The fourth-order valence-electron chi connectivity index (χ4n) is 3.52. The first-order valence-electron chi connectivity index (χ1n) is 9.88. The van der Waals surface area contributed by atoms with Crippen LogP contribution >= 0.6 is 0 Å². The summed E-state index contributed by atoms with van der Waals surface area (Å²) in [5.41, 5.74) is 1.93. The minimum Gasteiger partial charge on any atom is -0.497 e. The summed E-state index contributed by atoms with van der Waals surface area (Å²) >= 11 is 0. The third-order valence-corrected chi connectivity index (χ3v) is 5.13. The van der Waals surface area contributed by atoms with E-state index in [9.17, 15) is 9.18 Å². The highest BCUT2D eigenvalue weighted by atomic mass is 19.1. The highest BCUT2D eigenvalue weighted by molar-refractivity contribution is 5.90. The Labute approximate surface area is 174 Å². The van der Waals surface area contributed by atoms with Crippen LogP contribution in [0.25, 0.3) is 0 Å². The standard InChI is InChI=1S/C22H24FN3O4/c1-28-18-5-2-16(3-6-18)13-24-14-19-15-26(22(27)30-19)17-4-7-21(20(23)12-17)25-8-10-29-11-9-25/h2-7,12-13,19H,8-11,14-15H2,1H3/t19-/m0/s1. The van der Waals surface area contributed by atoms with Crippen molar-refractivity contribution >= 4 is 23.7 Å². The van der Waals surface area contributed by atoms with Crippen LogP contribution in [0.2, 0.25) is 0 Å². The summed E-state index contributed by atoms with van der Waals surface area (Å²) < 4.78 is 30.5. The summed E-state index contributed by atoms with van der Waals surface area (Å²) in [6, 6.07) is 12.3. The van der Waals surface area contributed by atoms with E-state index in [-0.39, 0.29) is 11.9 Å². The molecule has 1 atom stereocenters. The highest BCUT2D eigenvalue weighted by Gasteiger charge is 2.32. The molecule has 2 heterocycles. The van der Waals surface area contributed by atoms with Gasteiger partial charge in [0.2, 0.25) is 0 Å². The van der Waals surface area contributed by atoms with Crippen LogP contribution in [0.1, 0.15) is 5.56 Å². The number of carbonyl (C=O) groups is 1. The smallest absolute Gasteiger partial charge is 0.414 e. The van der Waals surface area contributed by atoms with Gasteiger partial charge in [0.25, 0.3) is 0 Å². The number of carbonyl (C=O) groups excluding carboxylic acids is 1. The molecule has 0 aromatic heterocycles. The normalized spacial score (nSPS) is 19.4. The topological polar surface area (TPSA) is 63.6 Å². The Bertz CT molecular complexity index is 913. The quantitative estimate of drug-likeness (QED) is 0.681. The maximum atomic E-state index is 14.7. The minimum absolute atomic E-state index is 0.328. The highest BCUT2D eigenvalue weighted by Crippen LogP contribution is 2.28. The Morgan fingerprint density at radius 2 is 1.97 bits per heavy atom. The van der Waals surface area contributed by atoms with Crippen LogP contribution in [-0.4, -0.2) is 64.9 Å². The maximum absolute atomic E-state index is 14.7. The van der Waals surface area contributed by atoms with Gasteiger partial charge in [0, 0.05) is 19.3 Å². The van der Waals surface area contributed by atoms with Gasteiger partial charge in [-0.15, -0.1) is 0 Å². The maximum Gasteiger partial charge on any atom is 0.414 e. The lowest BCUT2D eigenvalue weighted by atomic mass is 10.2. The molecule has 0 N–H and O–H groups in total. The molecule has 2 aromatic rings. The van der Waals surface area contributed by atoms with Crippen molar-refractivity contribution in [1.82, 2.24) is 0 Å². The fraction of sp³-hybridized carbons (Fsp3) is 0.364. The van der Waals surface area contributed by atoms with Gasteiger partial charge in [0.15, 0.2) is 0 Å². The van der Waals surface area contributed by atoms with E-state index < -0.39 is 6.09 Å². The predicted molar refractivity (Wildman–Crippen MR) is 113 cm³/mol. The second kappa shape index (κ2) is 9.13. The first kappa shape index (κ1) is 20.2. The van der Waals surface area contributed by atoms with E-state index in [1.807, 2.05) is 29.2 Å². The summed E-state index contributed by atoms with van der Waals surface area (Å²) in [5.74, 6) is 0.419. The van der Waals surface area contributed by atoms with Crippen LogP contribution in [-0.2, 0) is 9.47 Å². The lowest BCUT2D eigenvalue weighted by molar-refractivity contribution is 0.122. The summed E-state index contributed by atoms with van der Waals surface area (Å²) in [6.45, 7) is 3.13. The molecule has 2 aliphatic rings. The van der Waals surface area contributed by atoms with Crippen molar-refractivity contribution in [1.29, 1.82) is 0 Å². The van der Waals surface area contributed by atoms with Crippen LogP contribution in [0.5, 0.6) is 5.75 Å². The van der Waals surface area contributed by atoms with Gasteiger partial charge in [-0.3, -0.25) is 9.89 Å². The Kier molecular flexibility index (Phi) is 6.13. The van der Waals surface area contributed by atoms with Crippen molar-refractivity contribution in [2.45, 2.75) is 6.10 Å². The number of rotatable bonds is 6. The van der Waals surface area contributed by atoms with Crippen molar-refractivity contribution in [2.75, 3.05) is 56.3 Å². The number of cyclic esters (lactones) is 1. The molecule has 158 valence electrons. The Balaban J connectivity index is 1.37. The van der Waals surface area contributed by atoms with Gasteiger partial charge in [-0.1, -0.05) is 0 Å². The molecule has 2 fully saturated rings. The van der Waals surface area contributed by atoms with Crippen LogP contribution in [0.3, 0.4) is 0 Å². The third kappa shape index (κ3) is 4.54. The predicted octanol–water partition coefficient (Wildman–Crippen LogP) is 3.12. The zero-order chi connectivity index (χ0) is 20.9. The van der Waals surface area contributed by atoms with E-state index in [0.29, 0.717) is 50.8 Å². The number of hydrogen-bond acceptors (Lipinski definition) is 6. The number of nitrogens with zero attached hydrogens (tertiary/aromatic N) is 3. The van der Waals surface area contributed by atoms with Gasteiger partial charge in [0.05, 0.1) is 44.8 Å². The number of halogens is 1. The molecule has 30 heavy (non-hydrogen) atoms. The van der Waals surface area contributed by atoms with E-state index in [2.05, 4.69) is 4.99 Å². The average molecular weight is 413 g/mol. The molecule has 0 aliphatic carbocycles. The molecular formula is C22H24FN3O4. The van der Waals surface area contributed by atoms with Crippen LogP contribution in [0, 0.1) is 5.82 Å². The molecule has 0 spiro atoms. The van der Waals surface area contributed by atoms with E-state index in [1.54, 1.807) is 25.5 Å².